The lowest BCUT2D eigenvalue weighted by Crippen LogP contribution is -2.13. The first kappa shape index (κ1) is 14.2. The molecule has 0 aliphatic heterocycles. The summed E-state index contributed by atoms with van der Waals surface area (Å²) in [5.74, 6) is 1.63. The molecule has 4 N–H and O–H groups in total. The first-order chi connectivity index (χ1) is 9.56. The van der Waals surface area contributed by atoms with Crippen molar-refractivity contribution >= 4 is 11.9 Å². The molecule has 20 heavy (non-hydrogen) atoms. The predicted octanol–water partition coefficient (Wildman–Crippen LogP) is 1.44. The second-order valence-electron chi connectivity index (χ2n) is 4.70. The van der Waals surface area contributed by atoms with Gasteiger partial charge in [-0.2, -0.15) is 15.0 Å². The van der Waals surface area contributed by atoms with Crippen molar-refractivity contribution in [3.63, 3.8) is 0 Å². The summed E-state index contributed by atoms with van der Waals surface area (Å²) < 4.78 is 1.96. The van der Waals surface area contributed by atoms with Crippen LogP contribution >= 0.6 is 0 Å². The minimum Gasteiger partial charge on any atom is -0.368 e. The van der Waals surface area contributed by atoms with Crippen LogP contribution in [0.2, 0.25) is 0 Å². The van der Waals surface area contributed by atoms with Crippen molar-refractivity contribution < 1.29 is 0 Å². The van der Waals surface area contributed by atoms with Gasteiger partial charge < -0.3 is 11.5 Å². The van der Waals surface area contributed by atoms with E-state index in [1.807, 2.05) is 11.5 Å². The van der Waals surface area contributed by atoms with Crippen LogP contribution in [0.15, 0.2) is 0 Å². The third-order valence-corrected chi connectivity index (χ3v) is 3.18. The van der Waals surface area contributed by atoms with Crippen molar-refractivity contribution in [2.45, 2.75) is 46.5 Å². The smallest absolute Gasteiger partial charge is 0.241 e. The number of nitrogens with two attached hydrogens (primary N) is 2. The summed E-state index contributed by atoms with van der Waals surface area (Å²) in [4.78, 5) is 16.8. The lowest BCUT2D eigenvalue weighted by molar-refractivity contribution is 0.727. The fourth-order valence-electron chi connectivity index (χ4n) is 2.23. The van der Waals surface area contributed by atoms with E-state index < -0.39 is 0 Å². The van der Waals surface area contributed by atoms with Crippen molar-refractivity contribution in [2.75, 3.05) is 11.5 Å². The SMILES string of the molecule is CCCCc1c(C)nc(CC)n1-c1nc(N)nc(N)n1. The highest BCUT2D eigenvalue weighted by Crippen LogP contribution is 2.19. The van der Waals surface area contributed by atoms with Crippen molar-refractivity contribution in [1.29, 1.82) is 0 Å². The highest BCUT2D eigenvalue weighted by atomic mass is 15.3. The molecule has 0 aromatic carbocycles. The number of aryl methyl sites for hydroxylation is 2. The predicted molar refractivity (Wildman–Crippen MR) is 78.5 cm³/mol. The van der Waals surface area contributed by atoms with E-state index in [0.717, 1.165) is 42.9 Å². The molecule has 2 aromatic rings. The quantitative estimate of drug-likeness (QED) is 0.854. The number of imidazole rings is 1. The highest BCUT2D eigenvalue weighted by Gasteiger charge is 2.17. The Morgan fingerprint density at radius 1 is 1.00 bits per heavy atom. The van der Waals surface area contributed by atoms with E-state index in [4.69, 9.17) is 11.5 Å². The zero-order valence-electron chi connectivity index (χ0n) is 12.2. The second kappa shape index (κ2) is 5.85. The van der Waals surface area contributed by atoms with Gasteiger partial charge in [0.05, 0.1) is 5.69 Å². The Balaban J connectivity index is 2.57. The van der Waals surface area contributed by atoms with Crippen LogP contribution in [-0.2, 0) is 12.8 Å². The standard InChI is InChI=1S/C13H21N7/c1-4-6-7-9-8(3)16-10(5-2)20(9)13-18-11(14)17-12(15)19-13/h4-7H2,1-3H3,(H4,14,15,17,18,19). The van der Waals surface area contributed by atoms with Crippen LogP contribution in [0.5, 0.6) is 0 Å². The molecular weight excluding hydrogens is 254 g/mol. The maximum atomic E-state index is 5.67. The van der Waals surface area contributed by atoms with E-state index in [2.05, 4.69) is 33.8 Å². The van der Waals surface area contributed by atoms with E-state index in [1.54, 1.807) is 0 Å². The molecule has 2 heterocycles. The molecule has 0 fully saturated rings. The molecule has 7 heteroatoms. The zero-order valence-corrected chi connectivity index (χ0v) is 12.2. The monoisotopic (exact) mass is 275 g/mol. The van der Waals surface area contributed by atoms with Crippen molar-refractivity contribution in [2.24, 2.45) is 0 Å². The van der Waals surface area contributed by atoms with Gasteiger partial charge in [-0.05, 0) is 19.8 Å². The third kappa shape index (κ3) is 2.71. The van der Waals surface area contributed by atoms with Crippen LogP contribution in [0, 0.1) is 6.92 Å². The topological polar surface area (TPSA) is 109 Å². The van der Waals surface area contributed by atoms with Crippen LogP contribution < -0.4 is 11.5 Å². The fourth-order valence-corrected chi connectivity index (χ4v) is 2.23. The molecule has 0 aliphatic rings. The number of unbranched alkanes of at least 4 members (excludes halogenated alkanes) is 1. The van der Waals surface area contributed by atoms with Crippen molar-refractivity contribution in [1.82, 2.24) is 24.5 Å². The number of nitrogens with zero attached hydrogens (tertiary/aromatic N) is 5. The van der Waals surface area contributed by atoms with Crippen LogP contribution in [0.4, 0.5) is 11.9 Å². The largest absolute Gasteiger partial charge is 0.368 e. The van der Waals surface area contributed by atoms with Crippen LogP contribution in [0.3, 0.4) is 0 Å². The summed E-state index contributed by atoms with van der Waals surface area (Å²) in [5.41, 5.74) is 13.5. The first-order valence-electron chi connectivity index (χ1n) is 6.91. The van der Waals surface area contributed by atoms with Crippen LogP contribution in [-0.4, -0.2) is 24.5 Å². The summed E-state index contributed by atoms with van der Waals surface area (Å²) in [7, 11) is 0. The average molecular weight is 275 g/mol. The van der Waals surface area contributed by atoms with Gasteiger partial charge in [0.1, 0.15) is 5.82 Å². The Kier molecular flexibility index (Phi) is 4.16. The van der Waals surface area contributed by atoms with Gasteiger partial charge >= 0.3 is 0 Å². The van der Waals surface area contributed by atoms with Gasteiger partial charge in [-0.15, -0.1) is 0 Å². The van der Waals surface area contributed by atoms with Gasteiger partial charge in [-0.25, -0.2) is 4.98 Å². The normalized spacial score (nSPS) is 10.9. The molecule has 0 saturated carbocycles. The third-order valence-electron chi connectivity index (χ3n) is 3.18. The van der Waals surface area contributed by atoms with Gasteiger partial charge in [-0.1, -0.05) is 20.3 Å². The molecule has 0 saturated heterocycles. The highest BCUT2D eigenvalue weighted by molar-refractivity contribution is 5.35. The molecule has 0 aliphatic carbocycles. The van der Waals surface area contributed by atoms with Crippen molar-refractivity contribution in [3.8, 4) is 5.95 Å². The average Bonchev–Trinajstić information content (AvgIpc) is 2.71. The molecule has 0 amide bonds. The van der Waals surface area contributed by atoms with Gasteiger partial charge in [0.2, 0.25) is 17.8 Å². The number of aromatic nitrogens is 5. The molecule has 0 spiro atoms. The Labute approximate surface area is 118 Å². The molecule has 0 bridgehead atoms. The van der Waals surface area contributed by atoms with E-state index >= 15 is 0 Å². The second-order valence-corrected chi connectivity index (χ2v) is 4.70. The minimum atomic E-state index is 0.127. The van der Waals surface area contributed by atoms with Gasteiger partial charge in [0.15, 0.2) is 0 Å². The van der Waals surface area contributed by atoms with Crippen molar-refractivity contribution in [3.05, 3.63) is 17.2 Å². The number of hydrogen-bond donors (Lipinski definition) is 2. The van der Waals surface area contributed by atoms with E-state index in [-0.39, 0.29) is 11.9 Å². The first-order valence-corrected chi connectivity index (χ1v) is 6.91. The van der Waals surface area contributed by atoms with Gasteiger partial charge in [0.25, 0.3) is 0 Å². The summed E-state index contributed by atoms with van der Waals surface area (Å²) in [6.07, 6.45) is 3.93. The molecule has 0 unspecified atom stereocenters. The van der Waals surface area contributed by atoms with E-state index in [0.29, 0.717) is 5.95 Å². The number of rotatable bonds is 5. The molecule has 0 radical (unpaired) electrons. The molecule has 2 rings (SSSR count). The Morgan fingerprint density at radius 3 is 2.20 bits per heavy atom. The maximum absolute atomic E-state index is 5.67. The molecule has 108 valence electrons. The van der Waals surface area contributed by atoms with Gasteiger partial charge in [0, 0.05) is 12.1 Å². The minimum absolute atomic E-state index is 0.127. The number of nitrogen functional groups attached to an aromatic ring is 2. The summed E-state index contributed by atoms with van der Waals surface area (Å²) >= 11 is 0. The van der Waals surface area contributed by atoms with Crippen LogP contribution in [0.25, 0.3) is 5.95 Å². The Bertz CT molecular complexity index is 583. The molecular formula is C13H21N7. The Morgan fingerprint density at radius 2 is 1.65 bits per heavy atom. The molecule has 0 atom stereocenters. The Hall–Kier alpha value is -2.18. The van der Waals surface area contributed by atoms with Crippen LogP contribution in [0.1, 0.15) is 43.9 Å². The number of anilines is 2. The lowest BCUT2D eigenvalue weighted by Gasteiger charge is -2.10. The summed E-state index contributed by atoms with van der Waals surface area (Å²) in [6, 6.07) is 0. The lowest BCUT2D eigenvalue weighted by atomic mass is 10.2. The summed E-state index contributed by atoms with van der Waals surface area (Å²) in [5, 5.41) is 0. The maximum Gasteiger partial charge on any atom is 0.241 e. The molecule has 2 aromatic heterocycles. The number of hydrogen-bond acceptors (Lipinski definition) is 6. The van der Waals surface area contributed by atoms with Gasteiger partial charge in [-0.3, -0.25) is 4.57 Å². The van der Waals surface area contributed by atoms with E-state index in [9.17, 15) is 0 Å². The fraction of sp³-hybridized carbons (Fsp3) is 0.538. The summed E-state index contributed by atoms with van der Waals surface area (Å²) in [6.45, 7) is 6.22. The van der Waals surface area contributed by atoms with E-state index in [1.165, 1.54) is 0 Å². The zero-order chi connectivity index (χ0) is 14.7. The molecule has 7 nitrogen and oxygen atoms in total.